The van der Waals surface area contributed by atoms with Gasteiger partial charge in [0, 0.05) is 12.6 Å². The second kappa shape index (κ2) is 11.0. The molecule has 0 heterocycles. The predicted octanol–water partition coefficient (Wildman–Crippen LogP) is 2.83. The maximum absolute atomic E-state index is 13.0. The first kappa shape index (κ1) is 24.2. The van der Waals surface area contributed by atoms with Gasteiger partial charge in [-0.3, -0.25) is 14.4 Å². The van der Waals surface area contributed by atoms with Crippen molar-refractivity contribution in [3.63, 3.8) is 0 Å². The number of nitrogens with one attached hydrogen (secondary N) is 2. The Kier molecular flexibility index (Phi) is 8.05. The zero-order valence-corrected chi connectivity index (χ0v) is 19.1. The Morgan fingerprint density at radius 1 is 1.00 bits per heavy atom. The summed E-state index contributed by atoms with van der Waals surface area (Å²) < 4.78 is 32.2. The number of nitrogens with zero attached hydrogens (tertiary/aromatic N) is 1. The van der Waals surface area contributed by atoms with E-state index in [1.54, 1.807) is 37.3 Å². The van der Waals surface area contributed by atoms with Crippen LogP contribution < -0.4 is 14.9 Å². The van der Waals surface area contributed by atoms with E-state index in [1.807, 2.05) is 0 Å². The predicted molar refractivity (Wildman–Crippen MR) is 122 cm³/mol. The van der Waals surface area contributed by atoms with Crippen molar-refractivity contribution in [1.29, 1.82) is 0 Å². The standard InChI is InChI=1S/C23H27N3O6S/c1-2-26(19-10-4-3-5-11-19)33(30,31)20-14-12-17(13-15-20)22(28)32-16-21(27)25-23(29)24-18-8-6-7-9-18/h3-5,10-15,18H,2,6-9,16H2,1H3,(H2,24,25,27,29). The number of para-hydroxylation sites is 1. The molecule has 10 heteroatoms. The molecule has 0 unspecified atom stereocenters. The molecular formula is C23H27N3O6S. The van der Waals surface area contributed by atoms with Crippen molar-refractivity contribution in [2.75, 3.05) is 17.5 Å². The van der Waals surface area contributed by atoms with Crippen LogP contribution in [-0.2, 0) is 19.6 Å². The molecule has 0 saturated heterocycles. The van der Waals surface area contributed by atoms with Crippen LogP contribution >= 0.6 is 0 Å². The van der Waals surface area contributed by atoms with E-state index >= 15 is 0 Å². The minimum Gasteiger partial charge on any atom is -0.452 e. The van der Waals surface area contributed by atoms with Crippen molar-refractivity contribution in [2.45, 2.75) is 43.5 Å². The number of carbonyl (C=O) groups excluding carboxylic acids is 3. The van der Waals surface area contributed by atoms with E-state index in [2.05, 4.69) is 10.6 Å². The molecule has 9 nitrogen and oxygen atoms in total. The lowest BCUT2D eigenvalue weighted by atomic mass is 10.2. The molecule has 0 bridgehead atoms. The van der Waals surface area contributed by atoms with Crippen LogP contribution in [0, 0.1) is 0 Å². The van der Waals surface area contributed by atoms with Gasteiger partial charge in [-0.2, -0.15) is 0 Å². The van der Waals surface area contributed by atoms with Crippen LogP contribution in [0.3, 0.4) is 0 Å². The molecule has 0 spiro atoms. The highest BCUT2D eigenvalue weighted by atomic mass is 32.2. The number of amides is 3. The minimum absolute atomic E-state index is 0.0195. The number of rotatable bonds is 8. The maximum Gasteiger partial charge on any atom is 0.338 e. The summed E-state index contributed by atoms with van der Waals surface area (Å²) >= 11 is 0. The largest absolute Gasteiger partial charge is 0.452 e. The highest BCUT2D eigenvalue weighted by molar-refractivity contribution is 7.92. The molecule has 0 aromatic heterocycles. The highest BCUT2D eigenvalue weighted by Crippen LogP contribution is 2.23. The van der Waals surface area contributed by atoms with Crippen molar-refractivity contribution in [2.24, 2.45) is 0 Å². The number of carbonyl (C=O) groups is 3. The summed E-state index contributed by atoms with van der Waals surface area (Å²) in [6.45, 7) is 1.34. The van der Waals surface area contributed by atoms with Gasteiger partial charge in [-0.05, 0) is 56.2 Å². The van der Waals surface area contributed by atoms with Crippen LogP contribution in [0.2, 0.25) is 0 Å². The molecule has 3 amide bonds. The summed E-state index contributed by atoms with van der Waals surface area (Å²) in [6, 6.07) is 13.4. The molecule has 2 N–H and O–H groups in total. The van der Waals surface area contributed by atoms with Crippen LogP contribution in [0.4, 0.5) is 10.5 Å². The van der Waals surface area contributed by atoms with Gasteiger partial charge in [-0.25, -0.2) is 18.0 Å². The van der Waals surface area contributed by atoms with Crippen molar-refractivity contribution in [3.8, 4) is 0 Å². The molecule has 33 heavy (non-hydrogen) atoms. The molecule has 3 rings (SSSR count). The van der Waals surface area contributed by atoms with Crippen molar-refractivity contribution < 1.29 is 27.5 Å². The Morgan fingerprint density at radius 2 is 1.64 bits per heavy atom. The SMILES string of the molecule is CCN(c1ccccc1)S(=O)(=O)c1ccc(C(=O)OCC(=O)NC(=O)NC2CCCC2)cc1. The smallest absolute Gasteiger partial charge is 0.338 e. The summed E-state index contributed by atoms with van der Waals surface area (Å²) in [4.78, 5) is 35.9. The normalized spacial score (nSPS) is 13.8. The first-order valence-corrected chi connectivity index (χ1v) is 12.2. The fourth-order valence-corrected chi connectivity index (χ4v) is 5.12. The van der Waals surface area contributed by atoms with Crippen LogP contribution in [0.25, 0.3) is 0 Å². The Labute approximate surface area is 193 Å². The number of hydrogen-bond donors (Lipinski definition) is 2. The maximum atomic E-state index is 13.0. The van der Waals surface area contributed by atoms with E-state index in [9.17, 15) is 22.8 Å². The fraction of sp³-hybridized carbons (Fsp3) is 0.348. The molecule has 1 saturated carbocycles. The van der Waals surface area contributed by atoms with Crippen molar-refractivity contribution in [3.05, 3.63) is 60.2 Å². The molecule has 2 aromatic carbocycles. The van der Waals surface area contributed by atoms with Gasteiger partial charge >= 0.3 is 12.0 Å². The van der Waals surface area contributed by atoms with E-state index in [0.29, 0.717) is 5.69 Å². The molecule has 0 radical (unpaired) electrons. The second-order valence-electron chi connectivity index (χ2n) is 7.61. The van der Waals surface area contributed by atoms with Crippen LogP contribution in [0.15, 0.2) is 59.5 Å². The Bertz CT molecular complexity index is 1080. The number of urea groups is 1. The summed E-state index contributed by atoms with van der Waals surface area (Å²) in [5, 5.41) is 4.83. The third-order valence-corrected chi connectivity index (χ3v) is 7.20. The molecule has 1 fully saturated rings. The molecule has 1 aliphatic rings. The van der Waals surface area contributed by atoms with Gasteiger partial charge in [0.1, 0.15) is 0 Å². The van der Waals surface area contributed by atoms with E-state index in [0.717, 1.165) is 25.7 Å². The molecule has 176 valence electrons. The van der Waals surface area contributed by atoms with Crippen molar-refractivity contribution in [1.82, 2.24) is 10.6 Å². The molecular weight excluding hydrogens is 446 g/mol. The van der Waals surface area contributed by atoms with Gasteiger partial charge in [-0.15, -0.1) is 0 Å². The minimum atomic E-state index is -3.82. The van der Waals surface area contributed by atoms with Gasteiger partial charge in [0.25, 0.3) is 15.9 Å². The number of ether oxygens (including phenoxy) is 1. The van der Waals surface area contributed by atoms with Crippen LogP contribution in [0.1, 0.15) is 43.0 Å². The molecule has 2 aromatic rings. The lowest BCUT2D eigenvalue weighted by Crippen LogP contribution is -2.44. The molecule has 1 aliphatic carbocycles. The third kappa shape index (κ3) is 6.32. The number of sulfonamides is 1. The first-order valence-electron chi connectivity index (χ1n) is 10.8. The average Bonchev–Trinajstić information content (AvgIpc) is 3.31. The summed E-state index contributed by atoms with van der Waals surface area (Å²) in [5.41, 5.74) is 0.617. The second-order valence-corrected chi connectivity index (χ2v) is 9.47. The lowest BCUT2D eigenvalue weighted by Gasteiger charge is -2.22. The summed E-state index contributed by atoms with van der Waals surface area (Å²) in [5.74, 6) is -1.56. The number of hydrogen-bond acceptors (Lipinski definition) is 6. The van der Waals surface area contributed by atoms with E-state index < -0.39 is 34.5 Å². The van der Waals surface area contributed by atoms with Gasteiger partial charge in [0.2, 0.25) is 0 Å². The number of benzene rings is 2. The Morgan fingerprint density at radius 3 is 2.24 bits per heavy atom. The van der Waals surface area contributed by atoms with Gasteiger partial charge < -0.3 is 10.1 Å². The summed E-state index contributed by atoms with van der Waals surface area (Å²) in [6.07, 6.45) is 3.84. The highest BCUT2D eigenvalue weighted by Gasteiger charge is 2.24. The number of esters is 1. The monoisotopic (exact) mass is 473 g/mol. The van der Waals surface area contributed by atoms with Crippen LogP contribution in [0.5, 0.6) is 0 Å². The van der Waals surface area contributed by atoms with Crippen molar-refractivity contribution >= 4 is 33.6 Å². The summed E-state index contributed by atoms with van der Waals surface area (Å²) in [7, 11) is -3.82. The fourth-order valence-electron chi connectivity index (χ4n) is 3.64. The van der Waals surface area contributed by atoms with Gasteiger partial charge in [-0.1, -0.05) is 31.0 Å². The zero-order chi connectivity index (χ0) is 23.8. The topological polar surface area (TPSA) is 122 Å². The van der Waals surface area contributed by atoms with Gasteiger partial charge in [0.15, 0.2) is 6.61 Å². The molecule has 0 aliphatic heterocycles. The van der Waals surface area contributed by atoms with E-state index in [-0.39, 0.29) is 23.0 Å². The number of imide groups is 1. The quantitative estimate of drug-likeness (QED) is 0.569. The van der Waals surface area contributed by atoms with E-state index in [1.165, 1.54) is 28.6 Å². The first-order chi connectivity index (χ1) is 15.8. The zero-order valence-electron chi connectivity index (χ0n) is 18.3. The third-order valence-electron chi connectivity index (χ3n) is 5.29. The average molecular weight is 474 g/mol. The lowest BCUT2D eigenvalue weighted by molar-refractivity contribution is -0.123. The van der Waals surface area contributed by atoms with Crippen LogP contribution in [-0.4, -0.2) is 45.5 Å². The number of anilines is 1. The Hall–Kier alpha value is -3.40. The van der Waals surface area contributed by atoms with E-state index in [4.69, 9.17) is 4.74 Å². The Balaban J connectivity index is 1.56. The molecule has 0 atom stereocenters. The van der Waals surface area contributed by atoms with Gasteiger partial charge in [0.05, 0.1) is 16.1 Å².